The summed E-state index contributed by atoms with van der Waals surface area (Å²) in [6.45, 7) is 1.58. The maximum absolute atomic E-state index is 10.8. The topological polar surface area (TPSA) is 63.2 Å². The number of hydrogen-bond donors (Lipinski definition) is 1. The Balaban J connectivity index is 2.23. The van der Waals surface area contributed by atoms with E-state index in [4.69, 9.17) is 5.73 Å². The fourth-order valence-electron chi connectivity index (χ4n) is 0.652. The standard InChI is InChI=1S/C6H10N2O2/c7-4-5(9)3-6(10)8-1-2-8/h1-4,7H2. The third-order valence-electron chi connectivity index (χ3n) is 1.38. The molecule has 0 saturated carbocycles. The van der Waals surface area contributed by atoms with Crippen molar-refractivity contribution in [2.24, 2.45) is 5.73 Å². The molecule has 56 valence electrons. The van der Waals surface area contributed by atoms with Crippen molar-refractivity contribution in [1.82, 2.24) is 4.90 Å². The van der Waals surface area contributed by atoms with Crippen molar-refractivity contribution in [3.63, 3.8) is 0 Å². The van der Waals surface area contributed by atoms with Crippen molar-refractivity contribution in [2.45, 2.75) is 6.42 Å². The summed E-state index contributed by atoms with van der Waals surface area (Å²) in [7, 11) is 0. The number of nitrogens with zero attached hydrogens (tertiary/aromatic N) is 1. The zero-order valence-corrected chi connectivity index (χ0v) is 5.67. The van der Waals surface area contributed by atoms with E-state index >= 15 is 0 Å². The molecule has 4 nitrogen and oxygen atoms in total. The second-order valence-corrected chi connectivity index (χ2v) is 2.30. The highest BCUT2D eigenvalue weighted by molar-refractivity contribution is 5.99. The molecular weight excluding hydrogens is 132 g/mol. The first-order valence-corrected chi connectivity index (χ1v) is 3.23. The molecule has 0 atom stereocenters. The highest BCUT2D eigenvalue weighted by atomic mass is 16.2. The maximum atomic E-state index is 10.8. The molecule has 1 amide bonds. The molecule has 0 aromatic carbocycles. The zero-order valence-electron chi connectivity index (χ0n) is 5.67. The van der Waals surface area contributed by atoms with E-state index < -0.39 is 0 Å². The third kappa shape index (κ3) is 1.80. The predicted octanol–water partition coefficient (Wildman–Crippen LogP) is -1.25. The number of amides is 1. The van der Waals surface area contributed by atoms with Gasteiger partial charge in [0, 0.05) is 13.1 Å². The van der Waals surface area contributed by atoms with Crippen LogP contribution in [0.3, 0.4) is 0 Å². The molecule has 1 heterocycles. The van der Waals surface area contributed by atoms with Crippen molar-refractivity contribution in [3.05, 3.63) is 0 Å². The number of nitrogens with two attached hydrogens (primary N) is 1. The molecular formula is C6H10N2O2. The molecule has 0 bridgehead atoms. The van der Waals surface area contributed by atoms with Gasteiger partial charge in [0.25, 0.3) is 0 Å². The lowest BCUT2D eigenvalue weighted by Gasteiger charge is -1.97. The minimum Gasteiger partial charge on any atom is -0.339 e. The molecule has 0 aromatic heterocycles. The molecule has 0 radical (unpaired) electrons. The summed E-state index contributed by atoms with van der Waals surface area (Å²) in [6, 6.07) is 0. The van der Waals surface area contributed by atoms with Crippen LogP contribution in [-0.2, 0) is 9.59 Å². The van der Waals surface area contributed by atoms with Gasteiger partial charge in [0.2, 0.25) is 5.91 Å². The summed E-state index contributed by atoms with van der Waals surface area (Å²) in [5, 5.41) is 0. The Kier molecular flexibility index (Phi) is 2.01. The fourth-order valence-corrected chi connectivity index (χ4v) is 0.652. The highest BCUT2D eigenvalue weighted by Gasteiger charge is 2.24. The molecule has 0 aromatic rings. The van der Waals surface area contributed by atoms with Crippen molar-refractivity contribution in [3.8, 4) is 0 Å². The molecule has 0 aliphatic carbocycles. The summed E-state index contributed by atoms with van der Waals surface area (Å²) in [5.74, 6) is -0.271. The second kappa shape index (κ2) is 2.79. The van der Waals surface area contributed by atoms with Crippen molar-refractivity contribution in [1.29, 1.82) is 0 Å². The number of carbonyl (C=O) groups excluding carboxylic acids is 2. The van der Waals surface area contributed by atoms with Crippen LogP contribution >= 0.6 is 0 Å². The van der Waals surface area contributed by atoms with Gasteiger partial charge >= 0.3 is 0 Å². The molecule has 1 aliphatic heterocycles. The van der Waals surface area contributed by atoms with Crippen LogP contribution in [0.25, 0.3) is 0 Å². The van der Waals surface area contributed by atoms with Gasteiger partial charge in [0.05, 0.1) is 13.0 Å². The third-order valence-corrected chi connectivity index (χ3v) is 1.38. The molecule has 0 spiro atoms. The van der Waals surface area contributed by atoms with E-state index in [9.17, 15) is 9.59 Å². The monoisotopic (exact) mass is 142 g/mol. The Hall–Kier alpha value is -0.900. The van der Waals surface area contributed by atoms with Crippen LogP contribution < -0.4 is 5.73 Å². The van der Waals surface area contributed by atoms with E-state index in [-0.39, 0.29) is 24.7 Å². The molecule has 0 unspecified atom stereocenters. The van der Waals surface area contributed by atoms with Crippen LogP contribution in [0.5, 0.6) is 0 Å². The van der Waals surface area contributed by atoms with Gasteiger partial charge in [0.1, 0.15) is 0 Å². The minimum atomic E-state index is -0.183. The molecule has 1 saturated heterocycles. The Bertz CT molecular complexity index is 163. The summed E-state index contributed by atoms with van der Waals surface area (Å²) < 4.78 is 0. The lowest BCUT2D eigenvalue weighted by molar-refractivity contribution is -0.130. The van der Waals surface area contributed by atoms with E-state index in [2.05, 4.69) is 0 Å². The first-order chi connectivity index (χ1) is 4.74. The SMILES string of the molecule is NCC(=O)CC(=O)N1CC1. The lowest BCUT2D eigenvalue weighted by Crippen LogP contribution is -2.21. The van der Waals surface area contributed by atoms with Crippen LogP contribution in [0.15, 0.2) is 0 Å². The van der Waals surface area contributed by atoms with E-state index in [0.717, 1.165) is 13.1 Å². The van der Waals surface area contributed by atoms with Crippen molar-refractivity contribution in [2.75, 3.05) is 19.6 Å². The van der Waals surface area contributed by atoms with Gasteiger partial charge < -0.3 is 10.6 Å². The van der Waals surface area contributed by atoms with Gasteiger partial charge in [-0.15, -0.1) is 0 Å². The first-order valence-electron chi connectivity index (χ1n) is 3.23. The molecule has 1 fully saturated rings. The smallest absolute Gasteiger partial charge is 0.230 e. The first kappa shape index (κ1) is 7.21. The van der Waals surface area contributed by atoms with Gasteiger partial charge in [0.15, 0.2) is 5.78 Å². The predicted molar refractivity (Wildman–Crippen MR) is 35.3 cm³/mol. The van der Waals surface area contributed by atoms with Crippen molar-refractivity contribution >= 4 is 11.7 Å². The van der Waals surface area contributed by atoms with Crippen LogP contribution in [0.4, 0.5) is 0 Å². The molecule has 1 rings (SSSR count). The quantitative estimate of drug-likeness (QED) is 0.395. The van der Waals surface area contributed by atoms with Gasteiger partial charge in [-0.05, 0) is 0 Å². The minimum absolute atomic E-state index is 0.0174. The average Bonchev–Trinajstić information content (AvgIpc) is 2.68. The Morgan fingerprint density at radius 3 is 2.40 bits per heavy atom. The molecule has 10 heavy (non-hydrogen) atoms. The van der Waals surface area contributed by atoms with Crippen LogP contribution in [0.2, 0.25) is 0 Å². The average molecular weight is 142 g/mol. The van der Waals surface area contributed by atoms with Crippen LogP contribution in [0, 0.1) is 0 Å². The summed E-state index contributed by atoms with van der Waals surface area (Å²) in [4.78, 5) is 23.0. The normalized spacial score (nSPS) is 15.1. The number of carbonyl (C=O) groups is 2. The zero-order chi connectivity index (χ0) is 7.56. The summed E-state index contributed by atoms with van der Waals surface area (Å²) in [6.07, 6.45) is -0.0174. The Morgan fingerprint density at radius 1 is 1.40 bits per heavy atom. The van der Waals surface area contributed by atoms with Gasteiger partial charge in [-0.3, -0.25) is 9.59 Å². The lowest BCUT2D eigenvalue weighted by atomic mass is 10.3. The Morgan fingerprint density at radius 2 is 2.00 bits per heavy atom. The van der Waals surface area contributed by atoms with E-state index in [0.29, 0.717) is 0 Å². The summed E-state index contributed by atoms with van der Waals surface area (Å²) in [5.41, 5.74) is 5.02. The Labute approximate surface area is 59.0 Å². The fraction of sp³-hybridized carbons (Fsp3) is 0.667. The van der Waals surface area contributed by atoms with Gasteiger partial charge in [-0.25, -0.2) is 0 Å². The number of rotatable bonds is 3. The molecule has 2 N–H and O–H groups in total. The van der Waals surface area contributed by atoms with Gasteiger partial charge in [-0.2, -0.15) is 0 Å². The van der Waals surface area contributed by atoms with Crippen LogP contribution in [-0.4, -0.2) is 36.2 Å². The van der Waals surface area contributed by atoms with Crippen LogP contribution in [0.1, 0.15) is 6.42 Å². The molecule has 1 aliphatic rings. The molecule has 4 heteroatoms. The summed E-state index contributed by atoms with van der Waals surface area (Å²) >= 11 is 0. The van der Waals surface area contributed by atoms with Crippen molar-refractivity contribution < 1.29 is 9.59 Å². The number of Topliss-reactive ketones (excluding diaryl/α,β-unsaturated/α-hetero) is 1. The second-order valence-electron chi connectivity index (χ2n) is 2.30. The maximum Gasteiger partial charge on any atom is 0.230 e. The largest absolute Gasteiger partial charge is 0.339 e. The number of ketones is 1. The van der Waals surface area contributed by atoms with E-state index in [1.807, 2.05) is 0 Å². The van der Waals surface area contributed by atoms with E-state index in [1.54, 1.807) is 4.90 Å². The number of hydrogen-bond acceptors (Lipinski definition) is 3. The van der Waals surface area contributed by atoms with Gasteiger partial charge in [-0.1, -0.05) is 0 Å². The van der Waals surface area contributed by atoms with E-state index in [1.165, 1.54) is 0 Å². The highest BCUT2D eigenvalue weighted by Crippen LogP contribution is 2.05.